The van der Waals surface area contributed by atoms with Crippen LogP contribution in [0.1, 0.15) is 13.8 Å². The van der Waals surface area contributed by atoms with Crippen LogP contribution in [0.25, 0.3) is 10.9 Å². The Labute approximate surface area is 111 Å². The standard InChI is InChI=1S/C13H14N2O.BrH/c1-9(10(2)16)15-12-5-6-13-11(8-12)4-3-7-14-13;/h3-9,15H,1-2H3;1H. The van der Waals surface area contributed by atoms with Crippen LogP contribution in [0.5, 0.6) is 0 Å². The second kappa shape index (κ2) is 5.77. The lowest BCUT2D eigenvalue weighted by atomic mass is 10.1. The van der Waals surface area contributed by atoms with Gasteiger partial charge in [0, 0.05) is 17.3 Å². The topological polar surface area (TPSA) is 42.0 Å². The summed E-state index contributed by atoms with van der Waals surface area (Å²) in [6.07, 6.45) is 1.77. The normalized spacial score (nSPS) is 11.6. The molecule has 2 aromatic rings. The predicted octanol–water partition coefficient (Wildman–Crippen LogP) is 3.20. The number of carbonyl (C=O) groups excluding carboxylic acids is 1. The van der Waals surface area contributed by atoms with Crippen molar-refractivity contribution in [2.75, 3.05) is 5.32 Å². The summed E-state index contributed by atoms with van der Waals surface area (Å²) in [7, 11) is 0. The zero-order valence-corrected chi connectivity index (χ0v) is 11.5. The number of nitrogens with one attached hydrogen (secondary N) is 1. The van der Waals surface area contributed by atoms with Crippen LogP contribution in [-0.4, -0.2) is 16.8 Å². The molecule has 0 aliphatic rings. The molecule has 4 heteroatoms. The van der Waals surface area contributed by atoms with E-state index in [1.165, 1.54) is 0 Å². The minimum Gasteiger partial charge on any atom is -0.376 e. The maximum Gasteiger partial charge on any atom is 0.151 e. The van der Waals surface area contributed by atoms with Gasteiger partial charge in [-0.05, 0) is 38.1 Å². The Bertz CT molecular complexity index is 528. The number of aromatic nitrogens is 1. The molecule has 1 atom stereocenters. The first-order valence-electron chi connectivity index (χ1n) is 5.28. The Hall–Kier alpha value is -1.42. The highest BCUT2D eigenvalue weighted by Crippen LogP contribution is 2.17. The van der Waals surface area contributed by atoms with Gasteiger partial charge in [-0.25, -0.2) is 0 Å². The molecule has 0 bridgehead atoms. The van der Waals surface area contributed by atoms with Crippen LogP contribution in [0.15, 0.2) is 36.5 Å². The molecule has 1 N–H and O–H groups in total. The highest BCUT2D eigenvalue weighted by molar-refractivity contribution is 8.93. The summed E-state index contributed by atoms with van der Waals surface area (Å²) < 4.78 is 0. The number of Topliss-reactive ketones (excluding diaryl/α,β-unsaturated/α-hetero) is 1. The summed E-state index contributed by atoms with van der Waals surface area (Å²) in [5.74, 6) is 0.131. The van der Waals surface area contributed by atoms with E-state index in [-0.39, 0.29) is 28.8 Å². The largest absolute Gasteiger partial charge is 0.376 e. The van der Waals surface area contributed by atoms with Crippen molar-refractivity contribution >= 4 is 39.4 Å². The maximum absolute atomic E-state index is 11.1. The molecule has 0 aliphatic carbocycles. The van der Waals surface area contributed by atoms with E-state index >= 15 is 0 Å². The first-order chi connectivity index (χ1) is 7.66. The molecule has 1 heterocycles. The van der Waals surface area contributed by atoms with Gasteiger partial charge in [-0.3, -0.25) is 9.78 Å². The molecule has 3 nitrogen and oxygen atoms in total. The van der Waals surface area contributed by atoms with Crippen molar-refractivity contribution < 1.29 is 4.79 Å². The van der Waals surface area contributed by atoms with Crippen LogP contribution in [0, 0.1) is 0 Å². The van der Waals surface area contributed by atoms with E-state index in [9.17, 15) is 4.79 Å². The average molecular weight is 295 g/mol. The van der Waals surface area contributed by atoms with Crippen molar-refractivity contribution in [1.82, 2.24) is 4.98 Å². The molecule has 90 valence electrons. The van der Waals surface area contributed by atoms with Crippen molar-refractivity contribution in [1.29, 1.82) is 0 Å². The van der Waals surface area contributed by atoms with Gasteiger partial charge in [-0.1, -0.05) is 6.07 Å². The second-order valence-electron chi connectivity index (χ2n) is 3.89. The summed E-state index contributed by atoms with van der Waals surface area (Å²) in [5, 5.41) is 4.23. The Kier molecular flexibility index (Phi) is 4.63. The zero-order valence-electron chi connectivity index (χ0n) is 9.81. The highest BCUT2D eigenvalue weighted by atomic mass is 79.9. The van der Waals surface area contributed by atoms with E-state index in [0.717, 1.165) is 16.6 Å². The smallest absolute Gasteiger partial charge is 0.151 e. The van der Waals surface area contributed by atoms with Crippen LogP contribution in [0.3, 0.4) is 0 Å². The van der Waals surface area contributed by atoms with Gasteiger partial charge in [0.05, 0.1) is 11.6 Å². The Morgan fingerprint density at radius 2 is 2.12 bits per heavy atom. The maximum atomic E-state index is 11.1. The lowest BCUT2D eigenvalue weighted by Gasteiger charge is -2.12. The summed E-state index contributed by atoms with van der Waals surface area (Å²) >= 11 is 0. The van der Waals surface area contributed by atoms with E-state index in [2.05, 4.69) is 10.3 Å². The molecule has 0 saturated carbocycles. The number of hydrogen-bond acceptors (Lipinski definition) is 3. The number of ketones is 1. The number of fused-ring (bicyclic) bond motifs is 1. The number of rotatable bonds is 3. The minimum atomic E-state index is -0.158. The third-order valence-electron chi connectivity index (χ3n) is 2.60. The van der Waals surface area contributed by atoms with Gasteiger partial charge in [-0.15, -0.1) is 17.0 Å². The van der Waals surface area contributed by atoms with Crippen LogP contribution < -0.4 is 5.32 Å². The van der Waals surface area contributed by atoms with E-state index in [4.69, 9.17) is 0 Å². The lowest BCUT2D eigenvalue weighted by Crippen LogP contribution is -2.23. The van der Waals surface area contributed by atoms with Crippen LogP contribution >= 0.6 is 17.0 Å². The monoisotopic (exact) mass is 294 g/mol. The number of halogens is 1. The van der Waals surface area contributed by atoms with Crippen molar-refractivity contribution in [3.05, 3.63) is 36.5 Å². The molecule has 0 spiro atoms. The molecular weight excluding hydrogens is 280 g/mol. The molecule has 1 unspecified atom stereocenters. The zero-order chi connectivity index (χ0) is 11.5. The van der Waals surface area contributed by atoms with E-state index in [1.54, 1.807) is 13.1 Å². The molecule has 1 aromatic carbocycles. The average Bonchev–Trinajstić information content (AvgIpc) is 2.28. The molecule has 0 amide bonds. The van der Waals surface area contributed by atoms with Gasteiger partial charge < -0.3 is 5.32 Å². The second-order valence-corrected chi connectivity index (χ2v) is 3.89. The fraction of sp³-hybridized carbons (Fsp3) is 0.231. The molecule has 0 fully saturated rings. The van der Waals surface area contributed by atoms with E-state index in [0.29, 0.717) is 0 Å². The molecule has 1 aromatic heterocycles. The predicted molar refractivity (Wildman–Crippen MR) is 75.8 cm³/mol. The molecule has 0 saturated heterocycles. The Balaban J connectivity index is 0.00000144. The number of hydrogen-bond donors (Lipinski definition) is 1. The van der Waals surface area contributed by atoms with Gasteiger partial charge in [-0.2, -0.15) is 0 Å². The SMILES string of the molecule is Br.CC(=O)C(C)Nc1ccc2ncccc2c1. The Morgan fingerprint density at radius 3 is 2.82 bits per heavy atom. The van der Waals surface area contributed by atoms with Crippen LogP contribution in [0.4, 0.5) is 5.69 Å². The van der Waals surface area contributed by atoms with Gasteiger partial charge in [0.1, 0.15) is 0 Å². The summed E-state index contributed by atoms with van der Waals surface area (Å²) in [6, 6.07) is 9.64. The summed E-state index contributed by atoms with van der Waals surface area (Å²) in [5.41, 5.74) is 1.91. The van der Waals surface area contributed by atoms with Crippen LogP contribution in [0.2, 0.25) is 0 Å². The van der Waals surface area contributed by atoms with Crippen molar-refractivity contribution in [2.45, 2.75) is 19.9 Å². The van der Waals surface area contributed by atoms with Gasteiger partial charge in [0.25, 0.3) is 0 Å². The highest BCUT2D eigenvalue weighted by Gasteiger charge is 2.06. The Morgan fingerprint density at radius 1 is 1.35 bits per heavy atom. The van der Waals surface area contributed by atoms with Gasteiger partial charge >= 0.3 is 0 Å². The van der Waals surface area contributed by atoms with Crippen molar-refractivity contribution in [3.8, 4) is 0 Å². The third-order valence-corrected chi connectivity index (χ3v) is 2.60. The van der Waals surface area contributed by atoms with Gasteiger partial charge in [0.2, 0.25) is 0 Å². The lowest BCUT2D eigenvalue weighted by molar-refractivity contribution is -0.117. The molecule has 0 aliphatic heterocycles. The number of benzene rings is 1. The van der Waals surface area contributed by atoms with E-state index in [1.807, 2.05) is 37.3 Å². The summed E-state index contributed by atoms with van der Waals surface area (Å²) in [6.45, 7) is 3.44. The number of anilines is 1. The first-order valence-corrected chi connectivity index (χ1v) is 5.28. The number of pyridine rings is 1. The third kappa shape index (κ3) is 3.27. The fourth-order valence-electron chi connectivity index (χ4n) is 1.52. The number of carbonyl (C=O) groups is 1. The van der Waals surface area contributed by atoms with E-state index < -0.39 is 0 Å². The number of nitrogens with zero attached hydrogens (tertiary/aromatic N) is 1. The quantitative estimate of drug-likeness (QED) is 0.945. The first kappa shape index (κ1) is 13.6. The fourth-order valence-corrected chi connectivity index (χ4v) is 1.52. The van der Waals surface area contributed by atoms with Crippen molar-refractivity contribution in [3.63, 3.8) is 0 Å². The van der Waals surface area contributed by atoms with Crippen LogP contribution in [-0.2, 0) is 4.79 Å². The molecule has 0 radical (unpaired) electrons. The molecular formula is C13H15BrN2O. The molecule has 17 heavy (non-hydrogen) atoms. The molecule has 2 rings (SSSR count). The minimum absolute atomic E-state index is 0. The van der Waals surface area contributed by atoms with Crippen molar-refractivity contribution in [2.24, 2.45) is 0 Å². The van der Waals surface area contributed by atoms with Gasteiger partial charge in [0.15, 0.2) is 5.78 Å². The summed E-state index contributed by atoms with van der Waals surface area (Å²) in [4.78, 5) is 15.4.